The molecule has 1 aromatic carbocycles. The predicted molar refractivity (Wildman–Crippen MR) is 105 cm³/mol. The second-order valence-corrected chi connectivity index (χ2v) is 10.6. The van der Waals surface area contributed by atoms with Gasteiger partial charge in [0.05, 0.1) is 0 Å². The van der Waals surface area contributed by atoms with Gasteiger partial charge in [-0.2, -0.15) is 0 Å². The second-order valence-electron chi connectivity index (χ2n) is 10.6. The van der Waals surface area contributed by atoms with E-state index in [2.05, 4.69) is 42.6 Å². The van der Waals surface area contributed by atoms with Crippen LogP contribution in [0.1, 0.15) is 70.3 Å². The standard InChI is InChI=1S/C24H33NO/c1-22-12-19-13-23(15-22,20-5-3-2-4-6-20)17-24(14-19,16-22)21(26)11-18-7-9-25-10-8-18/h2-6,18-19,25H,7-17H2,1H3. The molecule has 140 valence electrons. The van der Waals surface area contributed by atoms with Crippen LogP contribution >= 0.6 is 0 Å². The lowest BCUT2D eigenvalue weighted by atomic mass is 9.38. The van der Waals surface area contributed by atoms with Gasteiger partial charge in [-0.3, -0.25) is 4.79 Å². The fourth-order valence-corrected chi connectivity index (χ4v) is 7.91. The first-order valence-corrected chi connectivity index (χ1v) is 10.8. The van der Waals surface area contributed by atoms with Crippen molar-refractivity contribution in [3.8, 4) is 0 Å². The van der Waals surface area contributed by atoms with Gasteiger partial charge in [0.2, 0.25) is 0 Å². The maximum Gasteiger partial charge on any atom is 0.139 e. The van der Waals surface area contributed by atoms with Crippen LogP contribution in [0.3, 0.4) is 0 Å². The molecule has 1 saturated heterocycles. The molecule has 1 heterocycles. The lowest BCUT2D eigenvalue weighted by Crippen LogP contribution is -2.60. The summed E-state index contributed by atoms with van der Waals surface area (Å²) < 4.78 is 0. The third-order valence-electron chi connectivity index (χ3n) is 8.26. The summed E-state index contributed by atoms with van der Waals surface area (Å²) in [6.45, 7) is 4.68. The van der Waals surface area contributed by atoms with Gasteiger partial charge in [-0.25, -0.2) is 0 Å². The van der Waals surface area contributed by atoms with E-state index in [-0.39, 0.29) is 10.8 Å². The maximum absolute atomic E-state index is 13.7. The third-order valence-corrected chi connectivity index (χ3v) is 8.26. The smallest absolute Gasteiger partial charge is 0.139 e. The number of nitrogens with one attached hydrogen (secondary N) is 1. The molecule has 1 aliphatic heterocycles. The molecule has 4 saturated carbocycles. The van der Waals surface area contributed by atoms with Crippen LogP contribution in [0.5, 0.6) is 0 Å². The Hall–Kier alpha value is -1.15. The van der Waals surface area contributed by atoms with Crippen LogP contribution in [0.15, 0.2) is 30.3 Å². The van der Waals surface area contributed by atoms with Gasteiger partial charge in [0.25, 0.3) is 0 Å². The summed E-state index contributed by atoms with van der Waals surface area (Å²) in [5.41, 5.74) is 2.13. The van der Waals surface area contributed by atoms with Gasteiger partial charge in [-0.15, -0.1) is 0 Å². The average molecular weight is 352 g/mol. The third kappa shape index (κ3) is 2.68. The molecule has 2 heteroatoms. The van der Waals surface area contributed by atoms with E-state index in [1.54, 1.807) is 0 Å². The topological polar surface area (TPSA) is 29.1 Å². The number of Topliss-reactive ketones (excluding diaryl/α,β-unsaturated/α-hetero) is 1. The molecular weight excluding hydrogens is 318 g/mol. The molecule has 26 heavy (non-hydrogen) atoms. The van der Waals surface area contributed by atoms with Crippen molar-refractivity contribution in [3.63, 3.8) is 0 Å². The predicted octanol–water partition coefficient (Wildman–Crippen LogP) is 4.87. The number of rotatable bonds is 4. The fraction of sp³-hybridized carbons (Fsp3) is 0.708. The zero-order valence-electron chi connectivity index (χ0n) is 16.2. The van der Waals surface area contributed by atoms with Crippen molar-refractivity contribution < 1.29 is 4.79 Å². The normalized spacial score (nSPS) is 42.1. The highest BCUT2D eigenvalue weighted by Crippen LogP contribution is 2.70. The number of hydrogen-bond acceptors (Lipinski definition) is 2. The van der Waals surface area contributed by atoms with Crippen molar-refractivity contribution in [1.82, 2.24) is 5.32 Å². The van der Waals surface area contributed by atoms with Gasteiger partial charge in [-0.1, -0.05) is 37.3 Å². The van der Waals surface area contributed by atoms with Crippen LogP contribution in [-0.4, -0.2) is 18.9 Å². The van der Waals surface area contributed by atoms with E-state index in [0.29, 0.717) is 17.1 Å². The van der Waals surface area contributed by atoms with Crippen LogP contribution in [0.2, 0.25) is 0 Å². The van der Waals surface area contributed by atoms with E-state index in [1.165, 1.54) is 44.1 Å². The SMILES string of the molecule is CC12CC3CC(C(=O)CC4CCNCC4)(C1)CC(c1ccccc1)(C3)C2. The van der Waals surface area contributed by atoms with Gasteiger partial charge in [-0.05, 0) is 92.7 Å². The van der Waals surface area contributed by atoms with Crippen LogP contribution < -0.4 is 5.32 Å². The lowest BCUT2D eigenvalue weighted by molar-refractivity contribution is -0.159. The second kappa shape index (κ2) is 5.92. The van der Waals surface area contributed by atoms with Crippen LogP contribution in [0.25, 0.3) is 0 Å². The molecule has 1 N–H and O–H groups in total. The Morgan fingerprint density at radius 2 is 1.81 bits per heavy atom. The Morgan fingerprint density at radius 3 is 2.54 bits per heavy atom. The van der Waals surface area contributed by atoms with Crippen molar-refractivity contribution in [3.05, 3.63) is 35.9 Å². The zero-order chi connectivity index (χ0) is 17.8. The number of ketones is 1. The molecule has 0 spiro atoms. The van der Waals surface area contributed by atoms with E-state index in [9.17, 15) is 4.79 Å². The molecule has 6 rings (SSSR count). The summed E-state index contributed by atoms with van der Waals surface area (Å²) in [4.78, 5) is 13.7. The zero-order valence-corrected chi connectivity index (χ0v) is 16.2. The Kier molecular flexibility index (Phi) is 3.87. The molecule has 0 amide bonds. The molecule has 4 unspecified atom stereocenters. The van der Waals surface area contributed by atoms with E-state index in [0.717, 1.165) is 38.3 Å². The monoisotopic (exact) mass is 351 g/mol. The highest BCUT2D eigenvalue weighted by Gasteiger charge is 2.64. The largest absolute Gasteiger partial charge is 0.317 e. The average Bonchev–Trinajstić information content (AvgIpc) is 2.61. The summed E-state index contributed by atoms with van der Waals surface area (Å²) in [5, 5.41) is 3.45. The summed E-state index contributed by atoms with van der Waals surface area (Å²) in [6, 6.07) is 11.2. The highest BCUT2D eigenvalue weighted by atomic mass is 16.1. The molecule has 4 aliphatic carbocycles. The molecule has 0 aromatic heterocycles. The minimum Gasteiger partial charge on any atom is -0.317 e. The van der Waals surface area contributed by atoms with Gasteiger partial charge in [0.1, 0.15) is 5.78 Å². The van der Waals surface area contributed by atoms with Crippen LogP contribution in [0.4, 0.5) is 0 Å². The van der Waals surface area contributed by atoms with Crippen molar-refractivity contribution in [2.24, 2.45) is 22.7 Å². The molecule has 1 aromatic rings. The Bertz CT molecular complexity index is 693. The van der Waals surface area contributed by atoms with Gasteiger partial charge in [0, 0.05) is 11.8 Å². The molecule has 0 radical (unpaired) electrons. The lowest BCUT2D eigenvalue weighted by Gasteiger charge is -2.66. The molecule has 5 fully saturated rings. The van der Waals surface area contributed by atoms with Crippen molar-refractivity contribution >= 4 is 5.78 Å². The van der Waals surface area contributed by atoms with Crippen molar-refractivity contribution in [2.45, 2.75) is 70.1 Å². The summed E-state index contributed by atoms with van der Waals surface area (Å²) in [7, 11) is 0. The molecule has 4 bridgehead atoms. The molecule has 4 atom stereocenters. The summed E-state index contributed by atoms with van der Waals surface area (Å²) >= 11 is 0. The van der Waals surface area contributed by atoms with E-state index in [4.69, 9.17) is 0 Å². The number of carbonyl (C=O) groups excluding carboxylic acids is 1. The number of piperidine rings is 1. The van der Waals surface area contributed by atoms with Gasteiger partial charge in [0.15, 0.2) is 0 Å². The number of carbonyl (C=O) groups is 1. The first-order chi connectivity index (χ1) is 12.5. The number of hydrogen-bond donors (Lipinski definition) is 1. The molecular formula is C24H33NO. The van der Waals surface area contributed by atoms with Crippen molar-refractivity contribution in [1.29, 1.82) is 0 Å². The van der Waals surface area contributed by atoms with E-state index in [1.807, 2.05) is 0 Å². The Labute approximate surface area is 158 Å². The highest BCUT2D eigenvalue weighted by molar-refractivity contribution is 5.86. The van der Waals surface area contributed by atoms with Crippen LogP contribution in [0, 0.1) is 22.7 Å². The van der Waals surface area contributed by atoms with E-state index >= 15 is 0 Å². The van der Waals surface area contributed by atoms with E-state index < -0.39 is 0 Å². The molecule has 5 aliphatic rings. The van der Waals surface area contributed by atoms with Crippen LogP contribution in [-0.2, 0) is 10.2 Å². The Balaban J connectivity index is 1.46. The quantitative estimate of drug-likeness (QED) is 0.838. The Morgan fingerprint density at radius 1 is 1.04 bits per heavy atom. The summed E-state index contributed by atoms with van der Waals surface area (Å²) in [6.07, 6.45) is 10.6. The number of benzene rings is 1. The van der Waals surface area contributed by atoms with Gasteiger partial charge >= 0.3 is 0 Å². The summed E-state index contributed by atoms with van der Waals surface area (Å²) in [5.74, 6) is 2.01. The van der Waals surface area contributed by atoms with Gasteiger partial charge < -0.3 is 5.32 Å². The minimum absolute atomic E-state index is 0.0190. The fourth-order valence-electron chi connectivity index (χ4n) is 7.91. The van der Waals surface area contributed by atoms with Crippen molar-refractivity contribution in [2.75, 3.05) is 13.1 Å². The molecule has 2 nitrogen and oxygen atoms in total. The first kappa shape index (κ1) is 17.0. The first-order valence-electron chi connectivity index (χ1n) is 10.8. The maximum atomic E-state index is 13.7. The minimum atomic E-state index is -0.0190.